The molecule has 0 amide bonds. The first-order valence-corrected chi connectivity index (χ1v) is 7.87. The zero-order valence-electron chi connectivity index (χ0n) is 12.4. The lowest BCUT2D eigenvalue weighted by molar-refractivity contribution is -0.290. The first kappa shape index (κ1) is 15.6. The Morgan fingerprint density at radius 3 is 2.48 bits per heavy atom. The van der Waals surface area contributed by atoms with Crippen LogP contribution in [-0.2, 0) is 38.9 Å². The molecule has 8 nitrogen and oxygen atoms in total. The van der Waals surface area contributed by atoms with Gasteiger partial charge in [-0.3, -0.25) is 4.18 Å². The van der Waals surface area contributed by atoms with E-state index < -0.39 is 40.6 Å². The summed E-state index contributed by atoms with van der Waals surface area (Å²) < 4.78 is 55.2. The van der Waals surface area contributed by atoms with Gasteiger partial charge in [0.15, 0.2) is 11.6 Å². The third kappa shape index (κ3) is 2.83. The molecule has 3 rings (SSSR count). The van der Waals surface area contributed by atoms with Crippen molar-refractivity contribution < 1.29 is 36.3 Å². The highest BCUT2D eigenvalue weighted by Crippen LogP contribution is 2.47. The van der Waals surface area contributed by atoms with Gasteiger partial charge in [0.1, 0.15) is 24.9 Å². The SMILES string of the molecule is CC1(C)O[C@@H]2[C@@H](CO[C@@]3(CO[SH](=O)=O)OC(C)(C)O[C@@H]23)O1. The van der Waals surface area contributed by atoms with Crippen molar-refractivity contribution in [1.29, 1.82) is 0 Å². The zero-order chi connectivity index (χ0) is 15.5. The predicted molar refractivity (Wildman–Crippen MR) is 68.8 cm³/mol. The number of rotatable bonds is 3. The van der Waals surface area contributed by atoms with Crippen LogP contribution in [0.2, 0.25) is 0 Å². The Labute approximate surface area is 124 Å². The van der Waals surface area contributed by atoms with Gasteiger partial charge in [-0.2, -0.15) is 0 Å². The second kappa shape index (κ2) is 4.85. The van der Waals surface area contributed by atoms with Crippen LogP contribution in [0.25, 0.3) is 0 Å². The predicted octanol–water partition coefficient (Wildman–Crippen LogP) is -0.0725. The van der Waals surface area contributed by atoms with Crippen LogP contribution in [0.1, 0.15) is 27.7 Å². The van der Waals surface area contributed by atoms with Gasteiger partial charge in [-0.25, -0.2) is 8.42 Å². The summed E-state index contributed by atoms with van der Waals surface area (Å²) in [5.74, 6) is -3.01. The monoisotopic (exact) mass is 324 g/mol. The molecule has 0 radical (unpaired) electrons. The van der Waals surface area contributed by atoms with Gasteiger partial charge in [0, 0.05) is 0 Å². The summed E-state index contributed by atoms with van der Waals surface area (Å²) in [6.45, 7) is 6.99. The molecule has 122 valence electrons. The van der Waals surface area contributed by atoms with Gasteiger partial charge in [-0.1, -0.05) is 0 Å². The van der Waals surface area contributed by atoms with Gasteiger partial charge in [-0.15, -0.1) is 0 Å². The third-order valence-electron chi connectivity index (χ3n) is 3.65. The third-order valence-corrected chi connectivity index (χ3v) is 3.99. The van der Waals surface area contributed by atoms with Crippen molar-refractivity contribution in [3.8, 4) is 0 Å². The van der Waals surface area contributed by atoms with Crippen LogP contribution in [0.5, 0.6) is 0 Å². The maximum absolute atomic E-state index is 10.7. The molecule has 0 unspecified atom stereocenters. The Kier molecular flexibility index (Phi) is 3.60. The van der Waals surface area contributed by atoms with Gasteiger partial charge in [0.2, 0.25) is 5.79 Å². The minimum absolute atomic E-state index is 0.211. The molecule has 0 N–H and O–H groups in total. The Bertz CT molecular complexity index is 493. The number of thiol groups is 1. The van der Waals surface area contributed by atoms with E-state index in [4.69, 9.17) is 27.9 Å². The van der Waals surface area contributed by atoms with E-state index in [0.717, 1.165) is 0 Å². The molecule has 4 atom stereocenters. The van der Waals surface area contributed by atoms with E-state index in [-0.39, 0.29) is 19.3 Å². The molecule has 3 aliphatic heterocycles. The molecule has 0 aromatic carbocycles. The smallest absolute Gasteiger partial charge is 0.257 e. The Hall–Kier alpha value is -0.290. The van der Waals surface area contributed by atoms with E-state index in [1.54, 1.807) is 27.7 Å². The van der Waals surface area contributed by atoms with E-state index in [2.05, 4.69) is 0 Å². The molecule has 21 heavy (non-hydrogen) atoms. The first-order chi connectivity index (χ1) is 9.63. The highest BCUT2D eigenvalue weighted by atomic mass is 32.2. The van der Waals surface area contributed by atoms with Gasteiger partial charge in [-0.05, 0) is 27.7 Å². The molecule has 9 heteroatoms. The van der Waals surface area contributed by atoms with Crippen molar-refractivity contribution in [1.82, 2.24) is 0 Å². The van der Waals surface area contributed by atoms with Crippen molar-refractivity contribution in [2.75, 3.05) is 13.2 Å². The molecule has 0 bridgehead atoms. The molecule has 3 aliphatic rings. The average Bonchev–Trinajstić information content (AvgIpc) is 2.78. The quantitative estimate of drug-likeness (QED) is 0.722. The van der Waals surface area contributed by atoms with Crippen LogP contribution in [0.3, 0.4) is 0 Å². The lowest BCUT2D eigenvalue weighted by atomic mass is 9.98. The van der Waals surface area contributed by atoms with Crippen molar-refractivity contribution in [3.63, 3.8) is 0 Å². The number of hydrogen-bond donors (Lipinski definition) is 1. The summed E-state index contributed by atoms with van der Waals surface area (Å²) >= 11 is 0. The maximum Gasteiger partial charge on any atom is 0.257 e. The zero-order valence-corrected chi connectivity index (χ0v) is 13.3. The molecular weight excluding hydrogens is 304 g/mol. The van der Waals surface area contributed by atoms with Crippen LogP contribution in [0.15, 0.2) is 0 Å². The lowest BCUT2D eigenvalue weighted by Gasteiger charge is -2.39. The fourth-order valence-electron chi connectivity index (χ4n) is 3.09. The Morgan fingerprint density at radius 2 is 1.81 bits per heavy atom. The van der Waals surface area contributed by atoms with Crippen LogP contribution < -0.4 is 0 Å². The fraction of sp³-hybridized carbons (Fsp3) is 1.00. The fourth-order valence-corrected chi connectivity index (χ4v) is 3.38. The summed E-state index contributed by atoms with van der Waals surface area (Å²) in [5, 5.41) is 0. The summed E-state index contributed by atoms with van der Waals surface area (Å²) in [6, 6.07) is 0. The van der Waals surface area contributed by atoms with E-state index in [9.17, 15) is 8.42 Å². The summed E-state index contributed by atoms with van der Waals surface area (Å²) in [7, 11) is -3.01. The maximum atomic E-state index is 10.7. The van der Waals surface area contributed by atoms with E-state index in [1.807, 2.05) is 0 Å². The highest BCUT2D eigenvalue weighted by molar-refractivity contribution is 7.67. The first-order valence-electron chi connectivity index (χ1n) is 6.77. The highest BCUT2D eigenvalue weighted by Gasteiger charge is 2.65. The summed E-state index contributed by atoms with van der Waals surface area (Å²) in [6.07, 6.45) is -1.34. The Morgan fingerprint density at radius 1 is 1.10 bits per heavy atom. The topological polar surface area (TPSA) is 89.5 Å². The largest absolute Gasteiger partial charge is 0.343 e. The van der Waals surface area contributed by atoms with Crippen molar-refractivity contribution in [3.05, 3.63) is 0 Å². The number of fused-ring (bicyclic) bond motifs is 3. The number of hydrogen-bond acceptors (Lipinski definition) is 8. The van der Waals surface area contributed by atoms with Crippen LogP contribution in [0.4, 0.5) is 0 Å². The minimum atomic E-state index is -3.01. The molecular formula is C12H20O8S. The van der Waals surface area contributed by atoms with Crippen molar-refractivity contribution in [2.45, 2.75) is 63.4 Å². The normalized spacial score (nSPS) is 43.8. The van der Waals surface area contributed by atoms with Gasteiger partial charge >= 0.3 is 0 Å². The van der Waals surface area contributed by atoms with Crippen LogP contribution >= 0.6 is 0 Å². The average molecular weight is 324 g/mol. The second-order valence-corrected chi connectivity index (χ2v) is 7.00. The van der Waals surface area contributed by atoms with Crippen molar-refractivity contribution in [2.24, 2.45) is 0 Å². The van der Waals surface area contributed by atoms with E-state index in [1.165, 1.54) is 0 Å². The molecule has 3 heterocycles. The standard InChI is InChI=1S/C12H20O8S/c1-10(2)17-7-5-15-12(6-16-21(13)14)9(8(7)18-10)19-11(3,4)20-12/h7-9,21H,5-6H2,1-4H3/t7-,8-,9+,12+/m1/s1. The summed E-state index contributed by atoms with van der Waals surface area (Å²) in [5.41, 5.74) is 0. The lowest BCUT2D eigenvalue weighted by Crippen LogP contribution is -2.60. The van der Waals surface area contributed by atoms with E-state index >= 15 is 0 Å². The molecule has 0 aromatic heterocycles. The van der Waals surface area contributed by atoms with Crippen LogP contribution in [0, 0.1) is 0 Å². The molecule has 0 aromatic rings. The molecule has 3 fully saturated rings. The van der Waals surface area contributed by atoms with Gasteiger partial charge < -0.3 is 23.7 Å². The second-order valence-electron chi connectivity index (χ2n) is 6.30. The number of ether oxygens (including phenoxy) is 5. The van der Waals surface area contributed by atoms with Gasteiger partial charge in [0.05, 0.1) is 6.61 Å². The Balaban J connectivity index is 1.87. The minimum Gasteiger partial charge on any atom is -0.343 e. The van der Waals surface area contributed by atoms with Crippen LogP contribution in [-0.4, -0.2) is 57.3 Å². The van der Waals surface area contributed by atoms with Gasteiger partial charge in [0.25, 0.3) is 11.0 Å². The molecule has 0 saturated carbocycles. The van der Waals surface area contributed by atoms with Crippen molar-refractivity contribution >= 4 is 11.0 Å². The molecule has 3 saturated heterocycles. The van der Waals surface area contributed by atoms with E-state index in [0.29, 0.717) is 0 Å². The molecule has 0 aliphatic carbocycles. The molecule has 0 spiro atoms. The summed E-state index contributed by atoms with van der Waals surface area (Å²) in [4.78, 5) is 0.